The Labute approximate surface area is 137 Å². The highest BCUT2D eigenvalue weighted by molar-refractivity contribution is 5.88. The molecule has 0 unspecified atom stereocenters. The number of nitrogens with zero attached hydrogens (tertiary/aromatic N) is 2. The summed E-state index contributed by atoms with van der Waals surface area (Å²) in [6, 6.07) is 7.67. The second kappa shape index (κ2) is 6.71. The lowest BCUT2D eigenvalue weighted by Gasteiger charge is -2.40. The number of hydrogen-bond acceptors (Lipinski definition) is 3. The molecule has 2 heterocycles. The zero-order chi connectivity index (χ0) is 16.4. The monoisotopic (exact) mass is 316 g/mol. The minimum Gasteiger partial charge on any atom is -0.375 e. The molecule has 2 atom stereocenters. The maximum atomic E-state index is 13.0. The molecule has 2 aliphatic heterocycles. The summed E-state index contributed by atoms with van der Waals surface area (Å²) >= 11 is 0. The van der Waals surface area contributed by atoms with Crippen LogP contribution in [0.1, 0.15) is 31.4 Å². The molecule has 3 rings (SSSR count). The van der Waals surface area contributed by atoms with Crippen LogP contribution in [-0.4, -0.2) is 53.5 Å². The van der Waals surface area contributed by atoms with Crippen LogP contribution in [0, 0.1) is 0 Å². The van der Waals surface area contributed by atoms with Crippen molar-refractivity contribution in [3.63, 3.8) is 0 Å². The number of benzene rings is 1. The van der Waals surface area contributed by atoms with Gasteiger partial charge in [-0.15, -0.1) is 0 Å². The van der Waals surface area contributed by atoms with Gasteiger partial charge in [0.2, 0.25) is 11.8 Å². The topological polar surface area (TPSA) is 49.9 Å². The molecule has 2 aliphatic rings. The van der Waals surface area contributed by atoms with Gasteiger partial charge in [0, 0.05) is 33.0 Å². The van der Waals surface area contributed by atoms with E-state index in [1.165, 1.54) is 5.56 Å². The highest BCUT2D eigenvalue weighted by Crippen LogP contribution is 2.25. The first-order chi connectivity index (χ1) is 11.1. The third kappa shape index (κ3) is 3.24. The number of carbonyl (C=O) groups is 2. The van der Waals surface area contributed by atoms with E-state index < -0.39 is 6.04 Å². The number of hydrogen-bond donors (Lipinski definition) is 0. The molecule has 5 nitrogen and oxygen atoms in total. The Hall–Kier alpha value is -1.88. The van der Waals surface area contributed by atoms with Gasteiger partial charge in [0.25, 0.3) is 0 Å². The highest BCUT2D eigenvalue weighted by Gasteiger charge is 2.36. The van der Waals surface area contributed by atoms with Crippen molar-refractivity contribution in [3.05, 3.63) is 35.4 Å². The molecule has 0 N–H and O–H groups in total. The Morgan fingerprint density at radius 1 is 1.26 bits per heavy atom. The predicted molar refractivity (Wildman–Crippen MR) is 86.8 cm³/mol. The molecule has 0 aliphatic carbocycles. The van der Waals surface area contributed by atoms with Gasteiger partial charge in [-0.2, -0.15) is 0 Å². The summed E-state index contributed by atoms with van der Waals surface area (Å²) in [7, 11) is 0. The lowest BCUT2D eigenvalue weighted by Crippen LogP contribution is -2.56. The smallest absolute Gasteiger partial charge is 0.245 e. The summed E-state index contributed by atoms with van der Waals surface area (Å²) in [4.78, 5) is 28.6. The Morgan fingerprint density at radius 3 is 2.70 bits per heavy atom. The van der Waals surface area contributed by atoms with Crippen LogP contribution in [0.2, 0.25) is 0 Å². The SMILES string of the molecule is CC[C@@H]1CN(C(=O)[C@H]2Cc3ccccc3CN2C(C)=O)CCO1. The van der Waals surface area contributed by atoms with Gasteiger partial charge in [0.05, 0.1) is 12.7 Å². The van der Waals surface area contributed by atoms with E-state index in [-0.39, 0.29) is 17.9 Å². The fourth-order valence-electron chi connectivity index (χ4n) is 3.45. The van der Waals surface area contributed by atoms with Crippen LogP contribution in [0.4, 0.5) is 0 Å². The van der Waals surface area contributed by atoms with Gasteiger partial charge in [-0.05, 0) is 17.5 Å². The Balaban J connectivity index is 1.81. The third-order valence-electron chi connectivity index (χ3n) is 4.84. The maximum Gasteiger partial charge on any atom is 0.245 e. The summed E-state index contributed by atoms with van der Waals surface area (Å²) in [5.74, 6) is 0.00890. The molecular formula is C18H24N2O3. The summed E-state index contributed by atoms with van der Waals surface area (Å²) in [5, 5.41) is 0. The predicted octanol–water partition coefficient (Wildman–Crippen LogP) is 1.60. The molecule has 0 radical (unpaired) electrons. The average Bonchev–Trinajstić information content (AvgIpc) is 2.59. The van der Waals surface area contributed by atoms with Crippen molar-refractivity contribution in [1.29, 1.82) is 0 Å². The van der Waals surface area contributed by atoms with Crippen LogP contribution in [0.25, 0.3) is 0 Å². The zero-order valence-electron chi connectivity index (χ0n) is 13.8. The molecule has 5 heteroatoms. The molecule has 1 saturated heterocycles. The van der Waals surface area contributed by atoms with Crippen LogP contribution in [-0.2, 0) is 27.3 Å². The van der Waals surface area contributed by atoms with E-state index in [1.807, 2.05) is 23.1 Å². The summed E-state index contributed by atoms with van der Waals surface area (Å²) in [6.07, 6.45) is 1.60. The molecule has 23 heavy (non-hydrogen) atoms. The molecule has 0 saturated carbocycles. The molecule has 1 fully saturated rings. The third-order valence-corrected chi connectivity index (χ3v) is 4.84. The van der Waals surface area contributed by atoms with Gasteiger partial charge in [0.15, 0.2) is 0 Å². The minimum absolute atomic E-state index is 0.0434. The van der Waals surface area contributed by atoms with Crippen LogP contribution < -0.4 is 0 Å². The van der Waals surface area contributed by atoms with E-state index in [1.54, 1.807) is 11.8 Å². The molecule has 0 bridgehead atoms. The van der Waals surface area contributed by atoms with Crippen molar-refractivity contribution in [1.82, 2.24) is 9.80 Å². The van der Waals surface area contributed by atoms with Crippen LogP contribution in [0.5, 0.6) is 0 Å². The lowest BCUT2D eigenvalue weighted by molar-refractivity contribution is -0.151. The molecule has 124 valence electrons. The molecule has 1 aromatic carbocycles. The van der Waals surface area contributed by atoms with Crippen molar-refractivity contribution in [3.8, 4) is 0 Å². The van der Waals surface area contributed by atoms with Crippen molar-refractivity contribution < 1.29 is 14.3 Å². The molecule has 1 aromatic rings. The number of amides is 2. The summed E-state index contributed by atoms with van der Waals surface area (Å²) in [5.41, 5.74) is 2.31. The first-order valence-electron chi connectivity index (χ1n) is 8.34. The quantitative estimate of drug-likeness (QED) is 0.833. The van der Waals surface area contributed by atoms with Gasteiger partial charge in [-0.1, -0.05) is 31.2 Å². The maximum absolute atomic E-state index is 13.0. The van der Waals surface area contributed by atoms with E-state index in [9.17, 15) is 9.59 Å². The number of fused-ring (bicyclic) bond motifs is 1. The second-order valence-corrected chi connectivity index (χ2v) is 6.32. The Kier molecular flexibility index (Phi) is 4.66. The second-order valence-electron chi connectivity index (χ2n) is 6.32. The van der Waals surface area contributed by atoms with Crippen molar-refractivity contribution in [2.75, 3.05) is 19.7 Å². The largest absolute Gasteiger partial charge is 0.375 e. The zero-order valence-corrected chi connectivity index (χ0v) is 13.8. The van der Waals surface area contributed by atoms with E-state index in [0.29, 0.717) is 32.7 Å². The summed E-state index contributed by atoms with van der Waals surface area (Å²) < 4.78 is 5.65. The minimum atomic E-state index is -0.391. The normalized spacial score (nSPS) is 24.3. The van der Waals surface area contributed by atoms with Crippen LogP contribution >= 0.6 is 0 Å². The fourth-order valence-corrected chi connectivity index (χ4v) is 3.45. The number of rotatable bonds is 2. The Bertz CT molecular complexity index is 602. The van der Waals surface area contributed by atoms with E-state index in [0.717, 1.165) is 12.0 Å². The van der Waals surface area contributed by atoms with Gasteiger partial charge in [0.1, 0.15) is 6.04 Å². The van der Waals surface area contributed by atoms with Gasteiger partial charge < -0.3 is 14.5 Å². The van der Waals surface area contributed by atoms with Crippen molar-refractivity contribution >= 4 is 11.8 Å². The van der Waals surface area contributed by atoms with E-state index >= 15 is 0 Å². The lowest BCUT2D eigenvalue weighted by atomic mass is 9.93. The van der Waals surface area contributed by atoms with Crippen molar-refractivity contribution in [2.24, 2.45) is 0 Å². The summed E-state index contributed by atoms with van der Waals surface area (Å²) in [6.45, 7) is 5.94. The fraction of sp³-hybridized carbons (Fsp3) is 0.556. The first-order valence-corrected chi connectivity index (χ1v) is 8.34. The molecular weight excluding hydrogens is 292 g/mol. The van der Waals surface area contributed by atoms with E-state index in [4.69, 9.17) is 4.74 Å². The standard InChI is InChI=1S/C18H24N2O3/c1-3-16-12-19(8-9-23-16)18(22)17-10-14-6-4-5-7-15(14)11-20(17)13(2)21/h4-7,16-17H,3,8-12H2,1-2H3/t16-,17-/m1/s1. The first kappa shape index (κ1) is 16.0. The van der Waals surface area contributed by atoms with Crippen LogP contribution in [0.3, 0.4) is 0 Å². The Morgan fingerprint density at radius 2 is 2.00 bits per heavy atom. The van der Waals surface area contributed by atoms with Crippen molar-refractivity contribution in [2.45, 2.75) is 45.4 Å². The van der Waals surface area contributed by atoms with Gasteiger partial charge in [-0.3, -0.25) is 9.59 Å². The molecule has 0 spiro atoms. The molecule has 2 amide bonds. The average molecular weight is 316 g/mol. The number of carbonyl (C=O) groups excluding carboxylic acids is 2. The number of ether oxygens (including phenoxy) is 1. The molecule has 0 aromatic heterocycles. The number of morpholine rings is 1. The highest BCUT2D eigenvalue weighted by atomic mass is 16.5. The van der Waals surface area contributed by atoms with Gasteiger partial charge in [-0.25, -0.2) is 0 Å². The van der Waals surface area contributed by atoms with Crippen LogP contribution in [0.15, 0.2) is 24.3 Å². The van der Waals surface area contributed by atoms with E-state index in [2.05, 4.69) is 13.0 Å². The van der Waals surface area contributed by atoms with Gasteiger partial charge >= 0.3 is 0 Å².